The van der Waals surface area contributed by atoms with Crippen LogP contribution in [0.1, 0.15) is 26.7 Å². The Hall–Kier alpha value is -0.650. The molecule has 0 spiro atoms. The van der Waals surface area contributed by atoms with Gasteiger partial charge in [0.15, 0.2) is 0 Å². The van der Waals surface area contributed by atoms with E-state index < -0.39 is 6.04 Å². The molecule has 0 aliphatic heterocycles. The maximum atomic E-state index is 11.5. The maximum absolute atomic E-state index is 11.5. The summed E-state index contributed by atoms with van der Waals surface area (Å²) in [6.07, 6.45) is 1.26. The molecule has 0 rings (SSSR count). The Labute approximate surface area is 97.0 Å². The third kappa shape index (κ3) is 6.76. The minimum atomic E-state index is -0.565. The zero-order valence-electron chi connectivity index (χ0n) is 10.1. The van der Waals surface area contributed by atoms with Gasteiger partial charge in [0.25, 0.3) is 0 Å². The topological polar surface area (TPSA) is 95.6 Å². The highest BCUT2D eigenvalue weighted by Crippen LogP contribution is 2.13. The number of nitrogens with two attached hydrogens (primary N) is 1. The number of aliphatic hydroxyl groups is 2. The van der Waals surface area contributed by atoms with Crippen molar-refractivity contribution in [3.63, 3.8) is 0 Å². The molecular formula is C11H24N2O3. The number of amides is 1. The fourth-order valence-electron chi connectivity index (χ4n) is 1.63. The van der Waals surface area contributed by atoms with Gasteiger partial charge < -0.3 is 21.3 Å². The Morgan fingerprint density at radius 1 is 1.31 bits per heavy atom. The van der Waals surface area contributed by atoms with Crippen molar-refractivity contribution in [3.05, 3.63) is 0 Å². The molecule has 0 fully saturated rings. The van der Waals surface area contributed by atoms with Crippen molar-refractivity contribution < 1.29 is 15.0 Å². The second-order valence-corrected chi connectivity index (χ2v) is 4.56. The predicted molar refractivity (Wildman–Crippen MR) is 62.7 cm³/mol. The van der Waals surface area contributed by atoms with Gasteiger partial charge >= 0.3 is 0 Å². The van der Waals surface area contributed by atoms with Gasteiger partial charge in [0, 0.05) is 6.42 Å². The lowest BCUT2D eigenvalue weighted by Gasteiger charge is -2.19. The van der Waals surface area contributed by atoms with Gasteiger partial charge in [0.05, 0.1) is 19.3 Å². The van der Waals surface area contributed by atoms with Crippen LogP contribution in [0.2, 0.25) is 0 Å². The summed E-state index contributed by atoms with van der Waals surface area (Å²) < 4.78 is 0. The molecule has 0 aromatic heterocycles. The molecule has 0 saturated carbocycles. The van der Waals surface area contributed by atoms with E-state index in [1.807, 2.05) is 0 Å². The smallest absolute Gasteiger partial charge is 0.220 e. The molecule has 0 radical (unpaired) electrons. The quantitative estimate of drug-likeness (QED) is 0.452. The number of hydrogen-bond donors (Lipinski definition) is 4. The highest BCUT2D eigenvalue weighted by atomic mass is 16.3. The summed E-state index contributed by atoms with van der Waals surface area (Å²) in [5.74, 6) is 0.509. The van der Waals surface area contributed by atoms with Gasteiger partial charge in [0.2, 0.25) is 5.91 Å². The molecule has 0 bridgehead atoms. The van der Waals surface area contributed by atoms with Crippen molar-refractivity contribution in [3.8, 4) is 0 Å². The Balaban J connectivity index is 3.99. The van der Waals surface area contributed by atoms with Crippen LogP contribution in [0.25, 0.3) is 0 Å². The van der Waals surface area contributed by atoms with Crippen molar-refractivity contribution in [1.29, 1.82) is 0 Å². The number of aliphatic hydroxyl groups excluding tert-OH is 2. The molecule has 1 atom stereocenters. The SMILES string of the molecule is CC(C)C[C@H](CN)CC(=O)NC(CO)CO. The lowest BCUT2D eigenvalue weighted by atomic mass is 9.94. The molecule has 1 amide bonds. The van der Waals surface area contributed by atoms with E-state index in [0.29, 0.717) is 18.9 Å². The van der Waals surface area contributed by atoms with E-state index in [9.17, 15) is 4.79 Å². The molecule has 0 aliphatic rings. The first kappa shape index (κ1) is 15.3. The van der Waals surface area contributed by atoms with E-state index in [1.54, 1.807) is 0 Å². The van der Waals surface area contributed by atoms with Crippen molar-refractivity contribution in [1.82, 2.24) is 5.32 Å². The minimum Gasteiger partial charge on any atom is -0.394 e. The Morgan fingerprint density at radius 2 is 1.88 bits per heavy atom. The summed E-state index contributed by atoms with van der Waals surface area (Å²) in [4.78, 5) is 11.5. The molecule has 5 heteroatoms. The highest BCUT2D eigenvalue weighted by molar-refractivity contribution is 5.76. The lowest BCUT2D eigenvalue weighted by molar-refractivity contribution is -0.123. The van der Waals surface area contributed by atoms with Crippen molar-refractivity contribution >= 4 is 5.91 Å². The van der Waals surface area contributed by atoms with Crippen molar-refractivity contribution in [2.45, 2.75) is 32.7 Å². The highest BCUT2D eigenvalue weighted by Gasteiger charge is 2.16. The predicted octanol–water partition coefficient (Wildman–Crippen LogP) is -0.533. The van der Waals surface area contributed by atoms with Crippen LogP contribution in [0.3, 0.4) is 0 Å². The third-order valence-corrected chi connectivity index (χ3v) is 2.42. The van der Waals surface area contributed by atoms with E-state index in [4.69, 9.17) is 15.9 Å². The fraction of sp³-hybridized carbons (Fsp3) is 0.909. The molecule has 0 aromatic carbocycles. The Morgan fingerprint density at radius 3 is 2.25 bits per heavy atom. The molecule has 0 unspecified atom stereocenters. The van der Waals surface area contributed by atoms with Gasteiger partial charge in [-0.1, -0.05) is 13.8 Å². The monoisotopic (exact) mass is 232 g/mol. The third-order valence-electron chi connectivity index (χ3n) is 2.42. The van der Waals surface area contributed by atoms with Crippen molar-refractivity contribution in [2.75, 3.05) is 19.8 Å². The summed E-state index contributed by atoms with van der Waals surface area (Å²) >= 11 is 0. The van der Waals surface area contributed by atoms with Crippen LogP contribution < -0.4 is 11.1 Å². The summed E-state index contributed by atoms with van der Waals surface area (Å²) in [7, 11) is 0. The van der Waals surface area contributed by atoms with E-state index >= 15 is 0 Å². The molecule has 0 aliphatic carbocycles. The van der Waals surface area contributed by atoms with Gasteiger partial charge in [-0.3, -0.25) is 4.79 Å². The standard InChI is InChI=1S/C11H24N2O3/c1-8(2)3-9(5-12)4-11(16)13-10(6-14)7-15/h8-10,14-15H,3-7,12H2,1-2H3,(H,13,16)/t9-/m0/s1. The molecule has 5 nitrogen and oxygen atoms in total. The van der Waals surface area contributed by atoms with Gasteiger partial charge in [-0.2, -0.15) is 0 Å². The molecular weight excluding hydrogens is 208 g/mol. The van der Waals surface area contributed by atoms with Crippen LogP contribution in [0.15, 0.2) is 0 Å². The number of rotatable bonds is 8. The lowest BCUT2D eigenvalue weighted by Crippen LogP contribution is -2.41. The molecule has 0 saturated heterocycles. The van der Waals surface area contributed by atoms with Crippen LogP contribution in [0.4, 0.5) is 0 Å². The van der Waals surface area contributed by atoms with E-state index in [-0.39, 0.29) is 25.0 Å². The molecule has 16 heavy (non-hydrogen) atoms. The number of nitrogens with one attached hydrogen (secondary N) is 1. The molecule has 5 N–H and O–H groups in total. The summed E-state index contributed by atoms with van der Waals surface area (Å²) in [6, 6.07) is -0.565. The number of hydrogen-bond acceptors (Lipinski definition) is 4. The van der Waals surface area contributed by atoms with Gasteiger partial charge in [-0.25, -0.2) is 0 Å². The van der Waals surface area contributed by atoms with Crippen LogP contribution >= 0.6 is 0 Å². The second kappa shape index (κ2) is 8.50. The van der Waals surface area contributed by atoms with E-state index in [2.05, 4.69) is 19.2 Å². The van der Waals surface area contributed by atoms with Gasteiger partial charge in [-0.05, 0) is 24.8 Å². The molecule has 96 valence electrons. The Kier molecular flexibility index (Phi) is 8.15. The first-order valence-corrected chi connectivity index (χ1v) is 5.74. The fourth-order valence-corrected chi connectivity index (χ4v) is 1.63. The van der Waals surface area contributed by atoms with Crippen LogP contribution in [0.5, 0.6) is 0 Å². The van der Waals surface area contributed by atoms with Crippen LogP contribution in [0, 0.1) is 11.8 Å². The first-order valence-electron chi connectivity index (χ1n) is 5.74. The summed E-state index contributed by atoms with van der Waals surface area (Å²) in [6.45, 7) is 4.16. The molecule has 0 heterocycles. The van der Waals surface area contributed by atoms with E-state index in [1.165, 1.54) is 0 Å². The zero-order valence-corrected chi connectivity index (χ0v) is 10.1. The van der Waals surface area contributed by atoms with Gasteiger partial charge in [-0.15, -0.1) is 0 Å². The zero-order chi connectivity index (χ0) is 12.6. The normalized spacial score (nSPS) is 13.2. The number of carbonyl (C=O) groups is 1. The average Bonchev–Trinajstić information content (AvgIpc) is 2.24. The van der Waals surface area contributed by atoms with Crippen LogP contribution in [-0.4, -0.2) is 41.9 Å². The maximum Gasteiger partial charge on any atom is 0.220 e. The summed E-state index contributed by atoms with van der Waals surface area (Å²) in [5, 5.41) is 20.2. The Bertz CT molecular complexity index is 194. The minimum absolute atomic E-state index is 0.163. The van der Waals surface area contributed by atoms with Crippen LogP contribution in [-0.2, 0) is 4.79 Å². The second-order valence-electron chi connectivity index (χ2n) is 4.56. The average molecular weight is 232 g/mol. The van der Waals surface area contributed by atoms with Gasteiger partial charge in [0.1, 0.15) is 0 Å². The van der Waals surface area contributed by atoms with Crippen molar-refractivity contribution in [2.24, 2.45) is 17.6 Å². The summed E-state index contributed by atoms with van der Waals surface area (Å²) in [5.41, 5.74) is 5.59. The molecule has 0 aromatic rings. The first-order chi connectivity index (χ1) is 7.53. The van der Waals surface area contributed by atoms with E-state index in [0.717, 1.165) is 6.42 Å². The number of carbonyl (C=O) groups excluding carboxylic acids is 1. The largest absolute Gasteiger partial charge is 0.394 e.